The van der Waals surface area contributed by atoms with E-state index in [4.69, 9.17) is 4.74 Å². The van der Waals surface area contributed by atoms with Crippen molar-refractivity contribution < 1.29 is 9.53 Å². The summed E-state index contributed by atoms with van der Waals surface area (Å²) in [6.07, 6.45) is 2.71. The van der Waals surface area contributed by atoms with Gasteiger partial charge in [0.1, 0.15) is 6.10 Å². The Morgan fingerprint density at radius 3 is 2.91 bits per heavy atom. The molecule has 3 fully saturated rings. The Morgan fingerprint density at radius 1 is 1.45 bits per heavy atom. The van der Waals surface area contributed by atoms with E-state index in [1.807, 2.05) is 0 Å². The van der Waals surface area contributed by atoms with Gasteiger partial charge in [0, 0.05) is 5.92 Å². The maximum Gasteiger partial charge on any atom is 0.309 e. The molecular weight excluding hydrogens is 140 g/mol. The highest BCUT2D eigenvalue weighted by Gasteiger charge is 2.60. The van der Waals surface area contributed by atoms with Crippen LogP contribution in [0, 0.1) is 23.7 Å². The maximum absolute atomic E-state index is 11.3. The van der Waals surface area contributed by atoms with Crippen LogP contribution in [0.25, 0.3) is 0 Å². The largest absolute Gasteiger partial charge is 0.462 e. The van der Waals surface area contributed by atoms with Gasteiger partial charge in [-0.3, -0.25) is 4.79 Å². The number of carbonyl (C=O) groups excluding carboxylic acids is 1. The molecule has 0 spiro atoms. The summed E-state index contributed by atoms with van der Waals surface area (Å²) in [6, 6.07) is 0. The molecule has 3 rings (SSSR count). The molecule has 2 saturated carbocycles. The normalized spacial score (nSPS) is 58.6. The molecule has 0 unspecified atom stereocenters. The molecule has 11 heavy (non-hydrogen) atoms. The van der Waals surface area contributed by atoms with Crippen LogP contribution in [0.1, 0.15) is 19.8 Å². The molecule has 2 aliphatic carbocycles. The lowest BCUT2D eigenvalue weighted by molar-refractivity contribution is -0.143. The van der Waals surface area contributed by atoms with Crippen molar-refractivity contribution in [3.05, 3.63) is 0 Å². The third-order valence-corrected chi connectivity index (χ3v) is 3.90. The van der Waals surface area contributed by atoms with E-state index in [0.717, 1.165) is 12.3 Å². The minimum Gasteiger partial charge on any atom is -0.462 e. The minimum atomic E-state index is 0.0903. The van der Waals surface area contributed by atoms with Gasteiger partial charge in [-0.25, -0.2) is 0 Å². The molecule has 5 atom stereocenters. The zero-order valence-electron chi connectivity index (χ0n) is 6.62. The van der Waals surface area contributed by atoms with Gasteiger partial charge in [0.2, 0.25) is 0 Å². The van der Waals surface area contributed by atoms with Crippen LogP contribution in [0.2, 0.25) is 0 Å². The van der Waals surface area contributed by atoms with Crippen LogP contribution in [-0.2, 0) is 9.53 Å². The molecule has 2 nitrogen and oxygen atoms in total. The number of hydrogen-bond donors (Lipinski definition) is 0. The number of carbonyl (C=O) groups is 1. The van der Waals surface area contributed by atoms with Crippen molar-refractivity contribution in [2.24, 2.45) is 23.7 Å². The summed E-state index contributed by atoms with van der Waals surface area (Å²) >= 11 is 0. The highest BCUT2D eigenvalue weighted by molar-refractivity contribution is 5.76. The van der Waals surface area contributed by atoms with Crippen LogP contribution in [0.5, 0.6) is 0 Å². The zero-order chi connectivity index (χ0) is 7.59. The van der Waals surface area contributed by atoms with Crippen LogP contribution in [0.4, 0.5) is 0 Å². The Kier molecular flexibility index (Phi) is 0.890. The summed E-state index contributed by atoms with van der Waals surface area (Å²) in [6.45, 7) is 2.21. The minimum absolute atomic E-state index is 0.0903. The van der Waals surface area contributed by atoms with Gasteiger partial charge >= 0.3 is 5.97 Å². The van der Waals surface area contributed by atoms with Crippen LogP contribution in [-0.4, -0.2) is 12.1 Å². The summed E-state index contributed by atoms with van der Waals surface area (Å²) in [5.74, 6) is 2.36. The first-order valence-corrected chi connectivity index (χ1v) is 4.48. The van der Waals surface area contributed by atoms with Crippen molar-refractivity contribution in [2.75, 3.05) is 0 Å². The van der Waals surface area contributed by atoms with E-state index in [0.29, 0.717) is 17.9 Å². The van der Waals surface area contributed by atoms with Crippen LogP contribution in [0.15, 0.2) is 0 Å². The molecule has 3 aliphatic rings. The Hall–Kier alpha value is -0.530. The van der Waals surface area contributed by atoms with Crippen LogP contribution in [0.3, 0.4) is 0 Å². The van der Waals surface area contributed by atoms with E-state index in [1.165, 1.54) is 6.42 Å². The lowest BCUT2D eigenvalue weighted by Gasteiger charge is -2.19. The Labute approximate surface area is 65.9 Å². The van der Waals surface area contributed by atoms with Crippen molar-refractivity contribution in [2.45, 2.75) is 25.9 Å². The zero-order valence-corrected chi connectivity index (χ0v) is 6.62. The third-order valence-electron chi connectivity index (χ3n) is 3.90. The van der Waals surface area contributed by atoms with Crippen molar-refractivity contribution in [3.8, 4) is 0 Å². The summed E-state index contributed by atoms with van der Waals surface area (Å²) in [5, 5.41) is 0. The van der Waals surface area contributed by atoms with E-state index in [9.17, 15) is 4.79 Å². The molecule has 0 aromatic rings. The van der Waals surface area contributed by atoms with E-state index in [2.05, 4.69) is 6.92 Å². The van der Waals surface area contributed by atoms with Gasteiger partial charge in [-0.15, -0.1) is 0 Å². The van der Waals surface area contributed by atoms with Crippen molar-refractivity contribution >= 4 is 5.97 Å². The predicted octanol–water partition coefficient (Wildman–Crippen LogP) is 1.20. The van der Waals surface area contributed by atoms with E-state index in [1.54, 1.807) is 0 Å². The molecule has 60 valence electrons. The van der Waals surface area contributed by atoms with Gasteiger partial charge in [0.05, 0.1) is 5.92 Å². The Balaban J connectivity index is 2.05. The molecule has 2 heteroatoms. The Morgan fingerprint density at radius 2 is 2.27 bits per heavy atom. The maximum atomic E-state index is 11.3. The third kappa shape index (κ3) is 0.534. The fourth-order valence-corrected chi connectivity index (χ4v) is 3.31. The summed E-state index contributed by atoms with van der Waals surface area (Å²) in [5.41, 5.74) is 0. The number of rotatable bonds is 0. The molecule has 0 amide bonds. The molecule has 0 radical (unpaired) electrons. The van der Waals surface area contributed by atoms with Crippen molar-refractivity contribution in [3.63, 3.8) is 0 Å². The van der Waals surface area contributed by atoms with Gasteiger partial charge in [-0.1, -0.05) is 6.92 Å². The fourth-order valence-electron chi connectivity index (χ4n) is 3.31. The second kappa shape index (κ2) is 1.62. The molecule has 0 aromatic carbocycles. The number of fused-ring (bicyclic) bond motifs is 1. The average Bonchev–Trinajstić information content (AvgIpc) is 2.47. The fraction of sp³-hybridized carbons (Fsp3) is 0.889. The highest BCUT2D eigenvalue weighted by atomic mass is 16.6. The smallest absolute Gasteiger partial charge is 0.309 e. The Bertz CT molecular complexity index is 222. The second-order valence-corrected chi connectivity index (χ2v) is 4.26. The lowest BCUT2D eigenvalue weighted by atomic mass is 9.81. The van der Waals surface area contributed by atoms with Crippen LogP contribution >= 0.6 is 0 Å². The molecule has 0 aromatic heterocycles. The van der Waals surface area contributed by atoms with E-state index in [-0.39, 0.29) is 11.9 Å². The monoisotopic (exact) mass is 152 g/mol. The van der Waals surface area contributed by atoms with Crippen molar-refractivity contribution in [1.29, 1.82) is 0 Å². The SMILES string of the molecule is C[C@@H]1[C@H]2C[C@@H]3[C@@H]1C(=O)O[C@@H]3C2. The summed E-state index contributed by atoms with van der Waals surface area (Å²) in [4.78, 5) is 11.3. The average molecular weight is 152 g/mol. The topological polar surface area (TPSA) is 26.3 Å². The highest BCUT2D eigenvalue weighted by Crippen LogP contribution is 2.57. The molecular formula is C9H12O2. The van der Waals surface area contributed by atoms with Crippen molar-refractivity contribution in [1.82, 2.24) is 0 Å². The predicted molar refractivity (Wildman–Crippen MR) is 38.7 cm³/mol. The lowest BCUT2D eigenvalue weighted by Crippen LogP contribution is -2.23. The quantitative estimate of drug-likeness (QED) is 0.487. The van der Waals surface area contributed by atoms with Crippen LogP contribution < -0.4 is 0 Å². The van der Waals surface area contributed by atoms with E-state index >= 15 is 0 Å². The number of hydrogen-bond acceptors (Lipinski definition) is 2. The number of ether oxygens (including phenoxy) is 1. The van der Waals surface area contributed by atoms with Gasteiger partial charge in [-0.05, 0) is 24.7 Å². The first-order chi connectivity index (χ1) is 5.27. The summed E-state index contributed by atoms with van der Waals surface area (Å²) in [7, 11) is 0. The molecule has 1 heterocycles. The standard InChI is InChI=1S/C9H12O2/c1-4-5-2-6-7(3-5)11-9(10)8(4)6/h4-8H,2-3H2,1H3/t4-,5+,6+,7-,8-/m1/s1. The van der Waals surface area contributed by atoms with Gasteiger partial charge in [0.15, 0.2) is 0 Å². The van der Waals surface area contributed by atoms with Gasteiger partial charge in [0.25, 0.3) is 0 Å². The van der Waals surface area contributed by atoms with Gasteiger partial charge in [-0.2, -0.15) is 0 Å². The molecule has 0 N–H and O–H groups in total. The van der Waals surface area contributed by atoms with E-state index < -0.39 is 0 Å². The first-order valence-electron chi connectivity index (χ1n) is 4.48. The number of esters is 1. The molecule has 2 bridgehead atoms. The second-order valence-electron chi connectivity index (χ2n) is 4.26. The molecule has 1 aliphatic heterocycles. The summed E-state index contributed by atoms with van der Waals surface area (Å²) < 4.78 is 5.27. The first kappa shape index (κ1) is 6.04. The van der Waals surface area contributed by atoms with Gasteiger partial charge < -0.3 is 4.74 Å². The molecule has 1 saturated heterocycles.